The molecule has 4 rings (SSSR count). The van der Waals surface area contributed by atoms with E-state index in [9.17, 15) is 0 Å². The van der Waals surface area contributed by atoms with E-state index in [1.54, 1.807) is 18.4 Å². The molecule has 0 spiro atoms. The summed E-state index contributed by atoms with van der Waals surface area (Å²) in [5, 5.41) is 3.15. The molecule has 0 atom stereocenters. The summed E-state index contributed by atoms with van der Waals surface area (Å²) >= 11 is 1.69. The number of morpholine rings is 1. The van der Waals surface area contributed by atoms with Gasteiger partial charge in [-0.2, -0.15) is 0 Å². The summed E-state index contributed by atoms with van der Waals surface area (Å²) < 4.78 is 10.9. The van der Waals surface area contributed by atoms with Crippen molar-refractivity contribution in [1.82, 2.24) is 4.98 Å². The third-order valence-electron chi connectivity index (χ3n) is 5.05. The Hall–Kier alpha value is -2.57. The predicted octanol–water partition coefficient (Wildman–Crippen LogP) is 4.50. The van der Waals surface area contributed by atoms with Gasteiger partial charge in [-0.05, 0) is 42.3 Å². The average molecular weight is 410 g/mol. The van der Waals surface area contributed by atoms with E-state index in [0.717, 1.165) is 56.0 Å². The molecule has 5 nitrogen and oxygen atoms in total. The predicted molar refractivity (Wildman–Crippen MR) is 119 cm³/mol. The number of methoxy groups -OCH3 is 1. The molecule has 2 heterocycles. The first-order chi connectivity index (χ1) is 14.2. The molecule has 29 heavy (non-hydrogen) atoms. The minimum Gasteiger partial charge on any atom is -0.497 e. The Bertz CT molecular complexity index is 937. The van der Waals surface area contributed by atoms with Crippen LogP contribution < -0.4 is 14.5 Å². The van der Waals surface area contributed by atoms with Crippen LogP contribution in [0, 0.1) is 6.92 Å². The number of aromatic nitrogens is 1. The van der Waals surface area contributed by atoms with Crippen molar-refractivity contribution < 1.29 is 9.47 Å². The standard InChI is InChI=1S/C23H27N3O2S/c1-18-17-29-23(24-18)26(16-20-6-4-8-22(14-20)27-2)15-19-5-3-7-21(13-19)25-9-11-28-12-10-25/h3-8,13-14,17H,9-12,15-16H2,1-2H3. The van der Waals surface area contributed by atoms with Crippen molar-refractivity contribution in [2.75, 3.05) is 43.2 Å². The van der Waals surface area contributed by atoms with E-state index in [1.807, 2.05) is 19.1 Å². The minimum absolute atomic E-state index is 0.784. The molecule has 3 aromatic rings. The van der Waals surface area contributed by atoms with Crippen LogP contribution in [0.25, 0.3) is 0 Å². The van der Waals surface area contributed by atoms with Crippen molar-refractivity contribution in [3.05, 3.63) is 70.7 Å². The van der Waals surface area contributed by atoms with Crippen LogP contribution in [0.2, 0.25) is 0 Å². The summed E-state index contributed by atoms with van der Waals surface area (Å²) in [5.74, 6) is 0.882. The van der Waals surface area contributed by atoms with Crippen LogP contribution in [0.5, 0.6) is 5.75 Å². The zero-order valence-corrected chi connectivity index (χ0v) is 17.8. The van der Waals surface area contributed by atoms with Crippen LogP contribution in [0.4, 0.5) is 10.8 Å². The molecule has 0 N–H and O–H groups in total. The average Bonchev–Trinajstić information content (AvgIpc) is 3.20. The number of rotatable bonds is 7. The lowest BCUT2D eigenvalue weighted by molar-refractivity contribution is 0.122. The number of hydrogen-bond acceptors (Lipinski definition) is 6. The molecule has 1 aliphatic rings. The van der Waals surface area contributed by atoms with Gasteiger partial charge in [0.2, 0.25) is 0 Å². The second-order valence-electron chi connectivity index (χ2n) is 7.25. The van der Waals surface area contributed by atoms with Gasteiger partial charge in [-0.15, -0.1) is 11.3 Å². The van der Waals surface area contributed by atoms with Gasteiger partial charge in [-0.25, -0.2) is 4.98 Å². The molecular weight excluding hydrogens is 382 g/mol. The molecule has 1 aromatic heterocycles. The third-order valence-corrected chi connectivity index (χ3v) is 6.06. The number of benzene rings is 2. The van der Waals surface area contributed by atoms with E-state index < -0.39 is 0 Å². The minimum atomic E-state index is 0.784. The van der Waals surface area contributed by atoms with Crippen LogP contribution in [0.3, 0.4) is 0 Å². The SMILES string of the molecule is COc1cccc(CN(Cc2cccc(N3CCOCC3)c2)c2nc(C)cs2)c1. The summed E-state index contributed by atoms with van der Waals surface area (Å²) in [7, 11) is 1.71. The number of nitrogens with zero attached hydrogens (tertiary/aromatic N) is 3. The Morgan fingerprint density at radius 2 is 1.79 bits per heavy atom. The Morgan fingerprint density at radius 1 is 1.07 bits per heavy atom. The van der Waals surface area contributed by atoms with Crippen LogP contribution in [-0.2, 0) is 17.8 Å². The third kappa shape index (κ3) is 5.08. The molecule has 0 radical (unpaired) electrons. The molecule has 0 amide bonds. The number of hydrogen-bond donors (Lipinski definition) is 0. The van der Waals surface area contributed by atoms with Gasteiger partial charge in [0, 0.05) is 37.2 Å². The van der Waals surface area contributed by atoms with E-state index in [-0.39, 0.29) is 0 Å². The van der Waals surface area contributed by atoms with Gasteiger partial charge in [0.05, 0.1) is 26.0 Å². The summed E-state index contributed by atoms with van der Waals surface area (Å²) in [5.41, 5.74) is 4.82. The molecule has 6 heteroatoms. The second kappa shape index (κ2) is 9.29. The van der Waals surface area contributed by atoms with Crippen LogP contribution in [0.15, 0.2) is 53.9 Å². The van der Waals surface area contributed by atoms with Crippen molar-refractivity contribution in [2.24, 2.45) is 0 Å². The van der Waals surface area contributed by atoms with Crippen molar-refractivity contribution in [3.63, 3.8) is 0 Å². The Morgan fingerprint density at radius 3 is 2.48 bits per heavy atom. The highest BCUT2D eigenvalue weighted by atomic mass is 32.1. The smallest absolute Gasteiger partial charge is 0.186 e. The summed E-state index contributed by atoms with van der Waals surface area (Å²) in [4.78, 5) is 9.48. The van der Waals surface area contributed by atoms with Gasteiger partial charge in [0.25, 0.3) is 0 Å². The topological polar surface area (TPSA) is 37.8 Å². The van der Waals surface area contributed by atoms with E-state index in [4.69, 9.17) is 14.5 Å². The molecule has 0 aliphatic carbocycles. The number of aryl methyl sites for hydroxylation is 1. The van der Waals surface area contributed by atoms with Crippen molar-refractivity contribution >= 4 is 22.2 Å². The van der Waals surface area contributed by atoms with Gasteiger partial charge >= 0.3 is 0 Å². The first kappa shape index (κ1) is 19.7. The van der Waals surface area contributed by atoms with Gasteiger partial charge in [0.1, 0.15) is 5.75 Å². The highest BCUT2D eigenvalue weighted by molar-refractivity contribution is 7.13. The van der Waals surface area contributed by atoms with Crippen molar-refractivity contribution in [2.45, 2.75) is 20.0 Å². The van der Waals surface area contributed by atoms with Gasteiger partial charge in [-0.3, -0.25) is 0 Å². The molecule has 152 valence electrons. The first-order valence-corrected chi connectivity index (χ1v) is 10.8. The fraction of sp³-hybridized carbons (Fsp3) is 0.348. The maximum atomic E-state index is 5.49. The molecular formula is C23H27N3O2S. The van der Waals surface area contributed by atoms with Crippen LogP contribution in [-0.4, -0.2) is 38.4 Å². The van der Waals surface area contributed by atoms with Crippen LogP contribution >= 0.6 is 11.3 Å². The fourth-order valence-electron chi connectivity index (χ4n) is 3.56. The van der Waals surface area contributed by atoms with Crippen molar-refractivity contribution in [1.29, 1.82) is 0 Å². The zero-order valence-electron chi connectivity index (χ0n) is 17.0. The van der Waals surface area contributed by atoms with E-state index in [0.29, 0.717) is 0 Å². The maximum Gasteiger partial charge on any atom is 0.186 e. The molecule has 1 fully saturated rings. The number of thiazole rings is 1. The molecule has 0 saturated carbocycles. The van der Waals surface area contributed by atoms with Gasteiger partial charge in [0.15, 0.2) is 5.13 Å². The highest BCUT2D eigenvalue weighted by Gasteiger charge is 2.15. The summed E-state index contributed by atoms with van der Waals surface area (Å²) in [6.45, 7) is 7.12. The Labute approximate surface area is 176 Å². The molecule has 0 bridgehead atoms. The fourth-order valence-corrected chi connectivity index (χ4v) is 4.37. The summed E-state index contributed by atoms with van der Waals surface area (Å²) in [6, 6.07) is 17.1. The maximum absolute atomic E-state index is 5.49. The van der Waals surface area contributed by atoms with Crippen LogP contribution in [0.1, 0.15) is 16.8 Å². The quantitative estimate of drug-likeness (QED) is 0.574. The Balaban J connectivity index is 1.56. The molecule has 1 aliphatic heterocycles. The van der Waals surface area contributed by atoms with Gasteiger partial charge < -0.3 is 19.3 Å². The number of anilines is 2. The lowest BCUT2D eigenvalue weighted by Crippen LogP contribution is -2.36. The normalized spacial score (nSPS) is 14.1. The lowest BCUT2D eigenvalue weighted by Gasteiger charge is -2.29. The van der Waals surface area contributed by atoms with Crippen molar-refractivity contribution in [3.8, 4) is 5.75 Å². The first-order valence-electron chi connectivity index (χ1n) is 9.93. The summed E-state index contributed by atoms with van der Waals surface area (Å²) in [6.07, 6.45) is 0. The zero-order chi connectivity index (χ0) is 20.1. The van der Waals surface area contributed by atoms with E-state index >= 15 is 0 Å². The van der Waals surface area contributed by atoms with E-state index in [1.165, 1.54) is 16.8 Å². The molecule has 1 saturated heterocycles. The second-order valence-corrected chi connectivity index (χ2v) is 8.08. The largest absolute Gasteiger partial charge is 0.497 e. The number of ether oxygens (including phenoxy) is 2. The monoisotopic (exact) mass is 409 g/mol. The highest BCUT2D eigenvalue weighted by Crippen LogP contribution is 2.26. The van der Waals surface area contributed by atoms with E-state index in [2.05, 4.69) is 51.6 Å². The lowest BCUT2D eigenvalue weighted by atomic mass is 10.1. The van der Waals surface area contributed by atoms with Gasteiger partial charge in [-0.1, -0.05) is 24.3 Å². The molecule has 2 aromatic carbocycles. The molecule has 0 unspecified atom stereocenters. The Kier molecular flexibility index (Phi) is 6.32.